The van der Waals surface area contributed by atoms with Gasteiger partial charge in [0.25, 0.3) is 11.8 Å². The van der Waals surface area contributed by atoms with Crippen LogP contribution in [0.1, 0.15) is 85.5 Å². The molecule has 19 heteroatoms. The van der Waals surface area contributed by atoms with Crippen LogP contribution >= 0.6 is 28.1 Å². The van der Waals surface area contributed by atoms with E-state index in [1.54, 1.807) is 21.6 Å². The number of nitriles is 1. The van der Waals surface area contributed by atoms with Crippen molar-refractivity contribution in [3.05, 3.63) is 87.7 Å². The molecule has 0 radical (unpaired) electrons. The van der Waals surface area contributed by atoms with Crippen molar-refractivity contribution in [2.24, 2.45) is 7.05 Å². The fourth-order valence-corrected chi connectivity index (χ4v) is 9.03. The van der Waals surface area contributed by atoms with Gasteiger partial charge in [0.2, 0.25) is 0 Å². The molecule has 7 rings (SSSR count). The van der Waals surface area contributed by atoms with Crippen LogP contribution in [0.5, 0.6) is 0 Å². The van der Waals surface area contributed by atoms with Gasteiger partial charge in [0.1, 0.15) is 17.2 Å². The summed E-state index contributed by atoms with van der Waals surface area (Å²) in [6, 6.07) is 8.18. The first-order valence-corrected chi connectivity index (χ1v) is 20.6. The molecule has 2 saturated heterocycles. The highest BCUT2D eigenvalue weighted by Gasteiger charge is 2.51. The molecule has 2 fully saturated rings. The van der Waals surface area contributed by atoms with Crippen LogP contribution in [-0.4, -0.2) is 77.9 Å². The zero-order chi connectivity index (χ0) is 43.1. The number of carbonyl (C=O) groups is 2. The highest BCUT2D eigenvalue weighted by atomic mass is 79.9. The van der Waals surface area contributed by atoms with Gasteiger partial charge in [0.05, 0.1) is 51.0 Å². The Kier molecular flexibility index (Phi) is 12.0. The Hall–Kier alpha value is -5.45. The minimum Gasteiger partial charge on any atom is -0.383 e. The topological polar surface area (TPSA) is 154 Å². The van der Waals surface area contributed by atoms with Crippen molar-refractivity contribution in [3.63, 3.8) is 0 Å². The molecule has 13 nitrogen and oxygen atoms in total. The monoisotopic (exact) mass is 907 g/mol. The number of anilines is 3. The average Bonchev–Trinajstić information content (AvgIpc) is 3.88. The quantitative estimate of drug-likeness (QED) is 0.0728. The van der Waals surface area contributed by atoms with Crippen molar-refractivity contribution in [1.29, 1.82) is 5.26 Å². The number of benzene rings is 2. The van der Waals surface area contributed by atoms with Crippen molar-refractivity contribution in [2.45, 2.75) is 70.0 Å². The van der Waals surface area contributed by atoms with Crippen LogP contribution in [0.15, 0.2) is 59.5 Å². The second kappa shape index (κ2) is 16.9. The van der Waals surface area contributed by atoms with Gasteiger partial charge in [-0.05, 0) is 117 Å². The van der Waals surface area contributed by atoms with Gasteiger partial charge in [-0.2, -0.15) is 33.1 Å². The molecule has 2 aliphatic heterocycles. The lowest BCUT2D eigenvalue weighted by atomic mass is 9.94. The Morgan fingerprint density at radius 1 is 1.10 bits per heavy atom. The van der Waals surface area contributed by atoms with E-state index in [-0.39, 0.29) is 28.0 Å². The van der Waals surface area contributed by atoms with Crippen molar-refractivity contribution in [2.75, 3.05) is 41.7 Å². The minimum absolute atomic E-state index is 0.141. The molecular formula is C41H42BrF4N11O2S. The number of nitrogen functional groups attached to an aromatic ring is 1. The normalized spacial score (nSPS) is 17.1. The summed E-state index contributed by atoms with van der Waals surface area (Å²) in [5.41, 5.74) is 6.46. The van der Waals surface area contributed by atoms with Gasteiger partial charge < -0.3 is 20.9 Å². The van der Waals surface area contributed by atoms with E-state index in [0.29, 0.717) is 30.5 Å². The van der Waals surface area contributed by atoms with Gasteiger partial charge in [-0.25, -0.2) is 9.37 Å². The number of halogens is 5. The van der Waals surface area contributed by atoms with Gasteiger partial charge in [-0.15, -0.1) is 0 Å². The summed E-state index contributed by atoms with van der Waals surface area (Å²) < 4.78 is 60.8. The highest BCUT2D eigenvalue weighted by Crippen LogP contribution is 2.40. The van der Waals surface area contributed by atoms with E-state index in [1.807, 2.05) is 13.2 Å². The molecule has 0 bridgehead atoms. The number of hydrogen-bond acceptors (Lipinski definition) is 9. The number of carbonyl (C=O) groups excluding carboxylic acids is 2. The minimum atomic E-state index is -4.85. The zero-order valence-electron chi connectivity index (χ0n) is 33.1. The Morgan fingerprint density at radius 3 is 2.55 bits per heavy atom. The number of amides is 2. The Bertz CT molecular complexity index is 2530. The second-order valence-corrected chi connectivity index (χ2v) is 16.7. The molecule has 0 aliphatic carbocycles. The first-order valence-electron chi connectivity index (χ1n) is 19.4. The molecule has 1 atom stereocenters. The molecule has 60 heavy (non-hydrogen) atoms. The number of aryl methyl sites for hydroxylation is 1. The van der Waals surface area contributed by atoms with Crippen LogP contribution < -0.4 is 20.9 Å². The molecule has 314 valence electrons. The van der Waals surface area contributed by atoms with Crippen LogP contribution in [-0.2, 0) is 18.0 Å². The lowest BCUT2D eigenvalue weighted by molar-refractivity contribution is -0.137. The number of alkyl halides is 3. The molecule has 0 unspecified atom stereocenters. The standard InChI is InChI=1S/C41H42BrF4N11O2S/c1-40(2)38(59)55(27-11-10-24(19-47)31(17-27)41(44,45)46)39(60)56(40)28-12-13-29(32(43)18-28)37(58)49-14-6-4-5-7-15-54-16-8-9-25(23-54)34-33(42)35(48)57-36(52-34)30(21-51-57)26-20-50-53(3)22-26/h10-13,17-18,20-22,25H,4-9,14-16,23,48H2,1-3H3,(H,49,58)/t25-/m1/s1. The largest absolute Gasteiger partial charge is 0.417 e. The summed E-state index contributed by atoms with van der Waals surface area (Å²) in [6.07, 6.45) is 6.14. The van der Waals surface area contributed by atoms with Gasteiger partial charge in [-0.3, -0.25) is 19.2 Å². The summed E-state index contributed by atoms with van der Waals surface area (Å²) in [5, 5.41) is 20.6. The number of unbranched alkanes of at least 4 members (excludes halogenated alkanes) is 3. The van der Waals surface area contributed by atoms with Crippen molar-refractivity contribution in [3.8, 4) is 17.2 Å². The van der Waals surface area contributed by atoms with E-state index in [9.17, 15) is 28.0 Å². The molecule has 0 saturated carbocycles. The fraction of sp³-hybridized carbons (Fsp3) is 0.390. The number of nitrogens with zero attached hydrogens (tertiary/aromatic N) is 9. The van der Waals surface area contributed by atoms with Crippen LogP contribution in [0.25, 0.3) is 16.8 Å². The maximum Gasteiger partial charge on any atom is 0.417 e. The lowest BCUT2D eigenvalue weighted by Crippen LogP contribution is -2.44. The number of hydrogen-bond donors (Lipinski definition) is 2. The summed E-state index contributed by atoms with van der Waals surface area (Å²) in [4.78, 5) is 36.3. The lowest BCUT2D eigenvalue weighted by Gasteiger charge is -2.33. The molecule has 3 aromatic heterocycles. The van der Waals surface area contributed by atoms with Crippen molar-refractivity contribution >= 4 is 67.9 Å². The SMILES string of the molecule is Cn1cc(-c2cnn3c(N)c(Br)c([C@@H]4CCCN(CCCCCCNC(=O)c5ccc(N6C(=S)N(c7ccc(C#N)c(C(F)(F)F)c7)C(=O)C6(C)C)cc5F)C4)nc23)cn1. The van der Waals surface area contributed by atoms with Crippen molar-refractivity contribution in [1.82, 2.24) is 34.6 Å². The van der Waals surface area contributed by atoms with Gasteiger partial charge in [-0.1, -0.05) is 12.8 Å². The zero-order valence-corrected chi connectivity index (χ0v) is 35.5. The number of nitrogens with one attached hydrogen (secondary N) is 1. The number of rotatable bonds is 12. The van der Waals surface area contributed by atoms with Crippen LogP contribution in [0.3, 0.4) is 0 Å². The first-order chi connectivity index (χ1) is 28.5. The summed E-state index contributed by atoms with van der Waals surface area (Å²) in [6.45, 7) is 6.14. The van der Waals surface area contributed by atoms with Gasteiger partial charge in [0.15, 0.2) is 10.8 Å². The van der Waals surface area contributed by atoms with Gasteiger partial charge >= 0.3 is 6.18 Å². The third kappa shape index (κ3) is 8.19. The van der Waals surface area contributed by atoms with Gasteiger partial charge in [0, 0.05) is 49.1 Å². The maximum absolute atomic E-state index is 15.5. The average molecular weight is 909 g/mol. The Labute approximate surface area is 357 Å². The second-order valence-electron chi connectivity index (χ2n) is 15.5. The van der Waals surface area contributed by atoms with E-state index >= 15 is 4.39 Å². The van der Waals surface area contributed by atoms with E-state index in [1.165, 1.54) is 43.0 Å². The summed E-state index contributed by atoms with van der Waals surface area (Å²) in [5.74, 6) is -1.40. The molecule has 3 N–H and O–H groups in total. The number of thiocarbonyl (C=S) groups is 1. The molecule has 5 aromatic rings. The number of piperidine rings is 1. The summed E-state index contributed by atoms with van der Waals surface area (Å²) in [7, 11) is 1.86. The highest BCUT2D eigenvalue weighted by molar-refractivity contribution is 9.10. The molecule has 0 spiro atoms. The molecule has 2 amide bonds. The number of nitrogens with two attached hydrogens (primary N) is 1. The van der Waals surface area contributed by atoms with Crippen LogP contribution in [0.4, 0.5) is 34.8 Å². The predicted molar refractivity (Wildman–Crippen MR) is 226 cm³/mol. The molecular weight excluding hydrogens is 866 g/mol. The first kappa shape index (κ1) is 42.7. The number of likely N-dealkylation sites (tertiary alicyclic amines) is 1. The van der Waals surface area contributed by atoms with Crippen LogP contribution in [0.2, 0.25) is 0 Å². The number of aromatic nitrogens is 5. The third-order valence-electron chi connectivity index (χ3n) is 11.1. The molecule has 2 aromatic carbocycles. The molecule has 2 aliphatic rings. The number of fused-ring (bicyclic) bond motifs is 1. The van der Waals surface area contributed by atoms with E-state index in [4.69, 9.17) is 22.9 Å². The third-order valence-corrected chi connectivity index (χ3v) is 12.2. The predicted octanol–water partition coefficient (Wildman–Crippen LogP) is 7.59. The van der Waals surface area contributed by atoms with Crippen LogP contribution in [0, 0.1) is 17.1 Å². The fourth-order valence-electron chi connectivity index (χ4n) is 7.93. The Morgan fingerprint density at radius 2 is 1.85 bits per heavy atom. The van der Waals surface area contributed by atoms with E-state index < -0.39 is 40.5 Å². The van der Waals surface area contributed by atoms with E-state index in [0.717, 1.165) is 90.1 Å². The maximum atomic E-state index is 15.5. The smallest absolute Gasteiger partial charge is 0.383 e. The van der Waals surface area contributed by atoms with E-state index in [2.05, 4.69) is 36.3 Å². The molecule has 5 heterocycles. The van der Waals surface area contributed by atoms with Crippen molar-refractivity contribution < 1.29 is 27.2 Å². The Balaban J connectivity index is 0.897. The summed E-state index contributed by atoms with van der Waals surface area (Å²) >= 11 is 9.25.